The van der Waals surface area contributed by atoms with E-state index < -0.39 is 0 Å². The minimum Gasteiger partial charge on any atom is -0.379 e. The second-order valence-electron chi connectivity index (χ2n) is 4.82. The maximum Gasteiger partial charge on any atom is 0.234 e. The van der Waals surface area contributed by atoms with Crippen molar-refractivity contribution in [3.63, 3.8) is 0 Å². The lowest BCUT2D eigenvalue weighted by Crippen LogP contribution is -2.48. The highest BCUT2D eigenvalue weighted by Crippen LogP contribution is 2.28. The zero-order chi connectivity index (χ0) is 11.2. The smallest absolute Gasteiger partial charge is 0.234 e. The maximum absolute atomic E-state index is 11.7. The second kappa shape index (κ2) is 6.21. The number of nitrogens with zero attached hydrogens (tertiary/aromatic N) is 1. The van der Waals surface area contributed by atoms with Crippen LogP contribution in [0.15, 0.2) is 0 Å². The van der Waals surface area contributed by atoms with Gasteiger partial charge in [0.25, 0.3) is 0 Å². The van der Waals surface area contributed by atoms with Crippen LogP contribution in [0.1, 0.15) is 38.5 Å². The lowest BCUT2D eigenvalue weighted by molar-refractivity contribution is -0.128. The van der Waals surface area contributed by atoms with Crippen LogP contribution in [-0.2, 0) is 9.53 Å². The third-order valence-electron chi connectivity index (χ3n) is 3.55. The molecule has 4 nitrogen and oxygen atoms in total. The Kier molecular flexibility index (Phi) is 4.60. The molecule has 4 heteroatoms. The van der Waals surface area contributed by atoms with Gasteiger partial charge in [-0.3, -0.25) is 10.2 Å². The van der Waals surface area contributed by atoms with Crippen LogP contribution in [0.2, 0.25) is 0 Å². The first kappa shape index (κ1) is 11.9. The fourth-order valence-electron chi connectivity index (χ4n) is 2.54. The Morgan fingerprint density at radius 3 is 2.62 bits per heavy atom. The molecule has 1 aliphatic carbocycles. The molecule has 2 rings (SSSR count). The van der Waals surface area contributed by atoms with E-state index in [9.17, 15) is 4.79 Å². The number of hydrogen-bond acceptors (Lipinski definition) is 3. The Morgan fingerprint density at radius 2 is 1.94 bits per heavy atom. The SMILES string of the molecule is O=C(CCC1CCCC1)NN1CCOCC1. The van der Waals surface area contributed by atoms with Gasteiger partial charge in [-0.25, -0.2) is 5.01 Å². The molecule has 0 aromatic carbocycles. The summed E-state index contributed by atoms with van der Waals surface area (Å²) in [6.07, 6.45) is 7.11. The van der Waals surface area contributed by atoms with Gasteiger partial charge in [0.05, 0.1) is 13.2 Å². The molecule has 0 bridgehead atoms. The number of nitrogens with one attached hydrogen (secondary N) is 1. The molecule has 1 heterocycles. The van der Waals surface area contributed by atoms with E-state index in [1.165, 1.54) is 25.7 Å². The second-order valence-corrected chi connectivity index (χ2v) is 4.82. The molecule has 92 valence electrons. The van der Waals surface area contributed by atoms with E-state index in [0.717, 1.165) is 38.6 Å². The van der Waals surface area contributed by atoms with Crippen molar-refractivity contribution in [1.82, 2.24) is 10.4 Å². The number of rotatable bonds is 4. The molecule has 0 spiro atoms. The third kappa shape index (κ3) is 3.76. The zero-order valence-electron chi connectivity index (χ0n) is 9.91. The van der Waals surface area contributed by atoms with Crippen LogP contribution in [-0.4, -0.2) is 37.2 Å². The van der Waals surface area contributed by atoms with Crippen molar-refractivity contribution in [1.29, 1.82) is 0 Å². The molecular weight excluding hydrogens is 204 g/mol. The summed E-state index contributed by atoms with van der Waals surface area (Å²) in [4.78, 5) is 11.7. The molecule has 1 amide bonds. The van der Waals surface area contributed by atoms with Crippen LogP contribution in [0.25, 0.3) is 0 Å². The minimum absolute atomic E-state index is 0.175. The summed E-state index contributed by atoms with van der Waals surface area (Å²) in [5, 5.41) is 1.97. The average Bonchev–Trinajstić information content (AvgIpc) is 2.81. The highest BCUT2D eigenvalue weighted by atomic mass is 16.5. The van der Waals surface area contributed by atoms with E-state index in [1.807, 2.05) is 5.01 Å². The molecular formula is C12H22N2O2. The van der Waals surface area contributed by atoms with Gasteiger partial charge >= 0.3 is 0 Å². The van der Waals surface area contributed by atoms with Crippen LogP contribution in [0.3, 0.4) is 0 Å². The van der Waals surface area contributed by atoms with Crippen LogP contribution in [0, 0.1) is 5.92 Å². The van der Waals surface area contributed by atoms with Gasteiger partial charge in [0.1, 0.15) is 0 Å². The van der Waals surface area contributed by atoms with E-state index in [1.54, 1.807) is 0 Å². The van der Waals surface area contributed by atoms with E-state index in [0.29, 0.717) is 6.42 Å². The van der Waals surface area contributed by atoms with Gasteiger partial charge in [0.15, 0.2) is 0 Å². The third-order valence-corrected chi connectivity index (χ3v) is 3.55. The molecule has 16 heavy (non-hydrogen) atoms. The van der Waals surface area contributed by atoms with Crippen molar-refractivity contribution in [2.75, 3.05) is 26.3 Å². The van der Waals surface area contributed by atoms with Crippen molar-refractivity contribution in [2.45, 2.75) is 38.5 Å². The number of carbonyl (C=O) groups excluding carboxylic acids is 1. The average molecular weight is 226 g/mol. The largest absolute Gasteiger partial charge is 0.379 e. The molecule has 1 saturated heterocycles. The quantitative estimate of drug-likeness (QED) is 0.786. The van der Waals surface area contributed by atoms with Crippen LogP contribution >= 0.6 is 0 Å². The predicted molar refractivity (Wildman–Crippen MR) is 61.7 cm³/mol. The van der Waals surface area contributed by atoms with Gasteiger partial charge in [-0.05, 0) is 12.3 Å². The van der Waals surface area contributed by atoms with Crippen molar-refractivity contribution >= 4 is 5.91 Å². The molecule has 0 aromatic heterocycles. The summed E-state index contributed by atoms with van der Waals surface area (Å²) < 4.78 is 5.23. The van der Waals surface area contributed by atoms with Crippen LogP contribution in [0.5, 0.6) is 0 Å². The zero-order valence-corrected chi connectivity index (χ0v) is 9.91. The van der Waals surface area contributed by atoms with Crippen molar-refractivity contribution in [2.24, 2.45) is 5.92 Å². The van der Waals surface area contributed by atoms with Crippen LogP contribution in [0.4, 0.5) is 0 Å². The van der Waals surface area contributed by atoms with E-state index in [-0.39, 0.29) is 5.91 Å². The number of carbonyl (C=O) groups is 1. The summed E-state index contributed by atoms with van der Waals surface area (Å²) in [7, 11) is 0. The van der Waals surface area contributed by atoms with E-state index >= 15 is 0 Å². The van der Waals surface area contributed by atoms with Gasteiger partial charge in [0, 0.05) is 19.5 Å². The number of ether oxygens (including phenoxy) is 1. The fourth-order valence-corrected chi connectivity index (χ4v) is 2.54. The topological polar surface area (TPSA) is 41.6 Å². The van der Waals surface area contributed by atoms with Crippen molar-refractivity contribution in [3.8, 4) is 0 Å². The summed E-state index contributed by atoms with van der Waals surface area (Å²) in [6.45, 7) is 3.08. The first-order valence-corrected chi connectivity index (χ1v) is 6.47. The van der Waals surface area contributed by atoms with Crippen LogP contribution < -0.4 is 5.43 Å². The molecule has 1 N–H and O–H groups in total. The minimum atomic E-state index is 0.175. The molecule has 0 unspecified atom stereocenters. The Hall–Kier alpha value is -0.610. The van der Waals surface area contributed by atoms with Crippen molar-refractivity contribution in [3.05, 3.63) is 0 Å². The molecule has 1 aliphatic heterocycles. The number of hydrazine groups is 1. The lowest BCUT2D eigenvalue weighted by atomic mass is 10.0. The summed E-state index contributed by atoms with van der Waals surface area (Å²) in [5.74, 6) is 0.976. The molecule has 0 radical (unpaired) electrons. The Labute approximate surface area is 97.3 Å². The first-order chi connectivity index (χ1) is 7.84. The van der Waals surface area contributed by atoms with E-state index in [2.05, 4.69) is 5.43 Å². The summed E-state index contributed by atoms with van der Waals surface area (Å²) >= 11 is 0. The lowest BCUT2D eigenvalue weighted by Gasteiger charge is -2.27. The number of amides is 1. The predicted octanol–water partition coefficient (Wildman–Crippen LogP) is 1.32. The molecule has 2 aliphatic rings. The maximum atomic E-state index is 11.7. The standard InChI is InChI=1S/C12H22N2O2/c15-12(6-5-11-3-1-2-4-11)13-14-7-9-16-10-8-14/h11H,1-10H2,(H,13,15). The molecule has 2 fully saturated rings. The highest BCUT2D eigenvalue weighted by molar-refractivity contribution is 5.75. The number of morpholine rings is 1. The fraction of sp³-hybridized carbons (Fsp3) is 0.917. The highest BCUT2D eigenvalue weighted by Gasteiger charge is 2.17. The molecule has 0 aromatic rings. The number of hydrogen-bond donors (Lipinski definition) is 1. The Morgan fingerprint density at radius 1 is 1.25 bits per heavy atom. The van der Waals surface area contributed by atoms with E-state index in [4.69, 9.17) is 4.74 Å². The summed E-state index contributed by atoms with van der Waals surface area (Å²) in [5.41, 5.74) is 2.96. The Balaban J connectivity index is 1.59. The molecule has 0 atom stereocenters. The van der Waals surface area contributed by atoms with Gasteiger partial charge in [-0.2, -0.15) is 0 Å². The van der Waals surface area contributed by atoms with Gasteiger partial charge in [-0.15, -0.1) is 0 Å². The normalized spacial score (nSPS) is 23.5. The van der Waals surface area contributed by atoms with Gasteiger partial charge in [0.2, 0.25) is 5.91 Å². The Bertz CT molecular complexity index is 221. The monoisotopic (exact) mass is 226 g/mol. The molecule has 1 saturated carbocycles. The van der Waals surface area contributed by atoms with Gasteiger partial charge in [-0.1, -0.05) is 25.7 Å². The summed E-state index contributed by atoms with van der Waals surface area (Å²) in [6, 6.07) is 0. The first-order valence-electron chi connectivity index (χ1n) is 6.47. The van der Waals surface area contributed by atoms with Gasteiger partial charge < -0.3 is 4.74 Å². The van der Waals surface area contributed by atoms with Crippen molar-refractivity contribution < 1.29 is 9.53 Å².